The van der Waals surface area contributed by atoms with E-state index >= 15 is 0 Å². The van der Waals surface area contributed by atoms with Gasteiger partial charge in [-0.05, 0) is 26.4 Å². The number of likely N-dealkylation sites (N-methyl/N-ethyl adjacent to an activating group) is 1. The van der Waals surface area contributed by atoms with Crippen LogP contribution in [0.15, 0.2) is 11.1 Å². The summed E-state index contributed by atoms with van der Waals surface area (Å²) < 4.78 is 26.7. The zero-order valence-electron chi connectivity index (χ0n) is 9.68. The second-order valence-corrected chi connectivity index (χ2v) is 6.05. The van der Waals surface area contributed by atoms with E-state index in [9.17, 15) is 8.42 Å². The molecular weight excluding hydrogens is 242 g/mol. The number of hydrogen-bond acceptors (Lipinski definition) is 5. The van der Waals surface area contributed by atoms with Gasteiger partial charge >= 0.3 is 0 Å². The van der Waals surface area contributed by atoms with Crippen molar-refractivity contribution in [2.45, 2.75) is 23.8 Å². The predicted molar refractivity (Wildman–Crippen MR) is 63.8 cm³/mol. The van der Waals surface area contributed by atoms with E-state index in [1.54, 1.807) is 0 Å². The average molecular weight is 259 g/mol. The SMILES string of the molecule is CN1CCCC(NS(=O)(=O)c2cn[nH]c2N)C1. The highest BCUT2D eigenvalue weighted by atomic mass is 32.2. The van der Waals surface area contributed by atoms with E-state index in [0.717, 1.165) is 25.9 Å². The number of aromatic amines is 1. The van der Waals surface area contributed by atoms with Crippen molar-refractivity contribution in [3.63, 3.8) is 0 Å². The van der Waals surface area contributed by atoms with Gasteiger partial charge in [0.1, 0.15) is 10.7 Å². The van der Waals surface area contributed by atoms with E-state index in [-0.39, 0.29) is 16.8 Å². The van der Waals surface area contributed by atoms with Gasteiger partial charge in [0.15, 0.2) is 0 Å². The minimum absolute atomic E-state index is 0.0192. The van der Waals surface area contributed by atoms with Gasteiger partial charge in [-0.3, -0.25) is 5.10 Å². The predicted octanol–water partition coefficient (Wildman–Crippen LogP) is -0.636. The lowest BCUT2D eigenvalue weighted by Gasteiger charge is -2.29. The highest BCUT2D eigenvalue weighted by Gasteiger charge is 2.26. The summed E-state index contributed by atoms with van der Waals surface area (Å²) in [5, 5.41) is 6.04. The second kappa shape index (κ2) is 4.63. The fourth-order valence-electron chi connectivity index (χ4n) is 2.04. The van der Waals surface area contributed by atoms with E-state index in [0.29, 0.717) is 0 Å². The van der Waals surface area contributed by atoms with Gasteiger partial charge in [-0.1, -0.05) is 0 Å². The molecule has 8 heteroatoms. The summed E-state index contributed by atoms with van der Waals surface area (Å²) in [5.41, 5.74) is 5.51. The molecule has 1 fully saturated rings. The number of H-pyrrole nitrogens is 1. The average Bonchev–Trinajstić information content (AvgIpc) is 2.64. The standard InChI is InChI=1S/C9H17N5O2S/c1-14-4-2-3-7(6-14)13-17(15,16)8-5-11-12-9(8)10/h5,7,13H,2-4,6H2,1H3,(H3,10,11,12). The third-order valence-corrected chi connectivity index (χ3v) is 4.42. The summed E-state index contributed by atoms with van der Waals surface area (Å²) in [6.45, 7) is 1.73. The number of nitrogens with one attached hydrogen (secondary N) is 2. The summed E-state index contributed by atoms with van der Waals surface area (Å²) in [6.07, 6.45) is 3.07. The molecule has 0 amide bonds. The fraction of sp³-hybridized carbons (Fsp3) is 0.667. The molecule has 2 rings (SSSR count). The summed E-state index contributed by atoms with van der Waals surface area (Å²) >= 11 is 0. The Bertz CT molecular complexity index is 483. The number of nitrogen functional groups attached to an aromatic ring is 1. The molecule has 1 aliphatic heterocycles. The molecule has 1 unspecified atom stereocenters. The summed E-state index contributed by atoms with van der Waals surface area (Å²) in [7, 11) is -1.59. The maximum atomic E-state index is 12.0. The molecule has 0 bridgehead atoms. The van der Waals surface area contributed by atoms with Gasteiger partial charge in [0.2, 0.25) is 10.0 Å². The number of anilines is 1. The number of likely N-dealkylation sites (tertiary alicyclic amines) is 1. The van der Waals surface area contributed by atoms with Crippen molar-refractivity contribution < 1.29 is 8.42 Å². The Morgan fingerprint density at radius 2 is 2.41 bits per heavy atom. The van der Waals surface area contributed by atoms with Crippen LogP contribution >= 0.6 is 0 Å². The van der Waals surface area contributed by atoms with Crippen molar-refractivity contribution in [3.8, 4) is 0 Å². The zero-order valence-corrected chi connectivity index (χ0v) is 10.5. The van der Waals surface area contributed by atoms with Gasteiger partial charge in [0.25, 0.3) is 0 Å². The molecular formula is C9H17N5O2S. The van der Waals surface area contributed by atoms with Crippen LogP contribution in [0.25, 0.3) is 0 Å². The van der Waals surface area contributed by atoms with Crippen LogP contribution in [0, 0.1) is 0 Å². The number of hydrogen-bond donors (Lipinski definition) is 3. The molecule has 0 aliphatic carbocycles. The highest BCUT2D eigenvalue weighted by molar-refractivity contribution is 7.89. The molecule has 2 heterocycles. The quantitative estimate of drug-likeness (QED) is 0.670. The van der Waals surface area contributed by atoms with Crippen molar-refractivity contribution in [2.24, 2.45) is 0 Å². The molecule has 1 aliphatic rings. The number of piperidine rings is 1. The molecule has 1 aromatic heterocycles. The van der Waals surface area contributed by atoms with Gasteiger partial charge in [0, 0.05) is 12.6 Å². The van der Waals surface area contributed by atoms with Gasteiger partial charge in [-0.15, -0.1) is 0 Å². The molecule has 1 aromatic rings. The third-order valence-electron chi connectivity index (χ3n) is 2.87. The van der Waals surface area contributed by atoms with Crippen LogP contribution in [0.1, 0.15) is 12.8 Å². The van der Waals surface area contributed by atoms with Gasteiger partial charge < -0.3 is 10.6 Å². The Balaban J connectivity index is 2.10. The number of aromatic nitrogens is 2. The van der Waals surface area contributed by atoms with E-state index in [1.165, 1.54) is 6.20 Å². The minimum atomic E-state index is -3.57. The monoisotopic (exact) mass is 259 g/mol. The molecule has 1 atom stereocenters. The number of nitrogens with zero attached hydrogens (tertiary/aromatic N) is 2. The second-order valence-electron chi connectivity index (χ2n) is 4.37. The molecule has 17 heavy (non-hydrogen) atoms. The Labute approximate surface area is 100 Å². The fourth-order valence-corrected chi connectivity index (χ4v) is 3.33. The highest BCUT2D eigenvalue weighted by Crippen LogP contribution is 2.16. The lowest BCUT2D eigenvalue weighted by Crippen LogP contribution is -2.46. The molecule has 96 valence electrons. The van der Waals surface area contributed by atoms with Gasteiger partial charge in [-0.25, -0.2) is 13.1 Å². The maximum absolute atomic E-state index is 12.0. The van der Waals surface area contributed by atoms with Crippen molar-refractivity contribution >= 4 is 15.8 Å². The molecule has 7 nitrogen and oxygen atoms in total. The number of sulfonamides is 1. The first kappa shape index (κ1) is 12.3. The Morgan fingerprint density at radius 3 is 3.00 bits per heavy atom. The van der Waals surface area contributed by atoms with Crippen LogP contribution < -0.4 is 10.5 Å². The summed E-state index contributed by atoms with van der Waals surface area (Å²) in [4.78, 5) is 2.13. The van der Waals surface area contributed by atoms with Crippen LogP contribution in [0.2, 0.25) is 0 Å². The lowest BCUT2D eigenvalue weighted by molar-refractivity contribution is 0.242. The molecule has 4 N–H and O–H groups in total. The number of nitrogens with two attached hydrogens (primary N) is 1. The summed E-state index contributed by atoms with van der Waals surface area (Å²) in [6, 6.07) is -0.0620. The maximum Gasteiger partial charge on any atom is 0.246 e. The van der Waals surface area contributed by atoms with Crippen LogP contribution in [-0.2, 0) is 10.0 Å². The molecule has 0 spiro atoms. The van der Waals surface area contributed by atoms with Crippen molar-refractivity contribution in [3.05, 3.63) is 6.20 Å². The van der Waals surface area contributed by atoms with Gasteiger partial charge in [0.05, 0.1) is 6.20 Å². The molecule has 0 radical (unpaired) electrons. The normalized spacial score (nSPS) is 22.8. The molecule has 0 aromatic carbocycles. The van der Waals surface area contributed by atoms with Gasteiger partial charge in [-0.2, -0.15) is 5.10 Å². The van der Waals surface area contributed by atoms with E-state index < -0.39 is 10.0 Å². The third kappa shape index (κ3) is 2.76. The topological polar surface area (TPSA) is 104 Å². The largest absolute Gasteiger partial charge is 0.383 e. The van der Waals surface area contributed by atoms with Crippen LogP contribution in [0.4, 0.5) is 5.82 Å². The first-order chi connectivity index (χ1) is 7.99. The zero-order chi connectivity index (χ0) is 12.5. The van der Waals surface area contributed by atoms with Crippen molar-refractivity contribution in [1.29, 1.82) is 0 Å². The van der Waals surface area contributed by atoms with E-state index in [1.807, 2.05) is 7.05 Å². The Kier molecular flexibility index (Phi) is 3.36. The van der Waals surface area contributed by atoms with Crippen LogP contribution in [0.3, 0.4) is 0 Å². The van der Waals surface area contributed by atoms with Crippen molar-refractivity contribution in [2.75, 3.05) is 25.9 Å². The first-order valence-corrected chi connectivity index (χ1v) is 6.97. The number of rotatable bonds is 3. The van der Waals surface area contributed by atoms with Crippen LogP contribution in [0.5, 0.6) is 0 Å². The molecule has 1 saturated heterocycles. The van der Waals surface area contributed by atoms with E-state index in [4.69, 9.17) is 5.73 Å². The van der Waals surface area contributed by atoms with Crippen molar-refractivity contribution in [1.82, 2.24) is 19.8 Å². The lowest BCUT2D eigenvalue weighted by atomic mass is 10.1. The molecule has 0 saturated carbocycles. The summed E-state index contributed by atoms with van der Waals surface area (Å²) in [5.74, 6) is 0.0710. The first-order valence-electron chi connectivity index (χ1n) is 5.49. The Morgan fingerprint density at radius 1 is 1.65 bits per heavy atom. The van der Waals surface area contributed by atoms with E-state index in [2.05, 4.69) is 19.8 Å². The smallest absolute Gasteiger partial charge is 0.246 e. The Hall–Kier alpha value is -1.12. The minimum Gasteiger partial charge on any atom is -0.383 e. The van der Waals surface area contributed by atoms with Crippen LogP contribution in [-0.4, -0.2) is 49.7 Å².